The maximum atomic E-state index is 13.4. The van der Waals surface area contributed by atoms with E-state index in [0.717, 1.165) is 107 Å². The van der Waals surface area contributed by atoms with Crippen LogP contribution in [-0.4, -0.2) is 268 Å². The Kier molecular flexibility index (Phi) is 42.1. The van der Waals surface area contributed by atoms with E-state index in [1.807, 2.05) is 167 Å². The zero-order chi connectivity index (χ0) is 102. The zero-order valence-corrected chi connectivity index (χ0v) is 88.4. The van der Waals surface area contributed by atoms with Crippen LogP contribution in [0.2, 0.25) is 10.0 Å². The third-order valence-corrected chi connectivity index (χ3v) is 22.9. The van der Waals surface area contributed by atoms with Crippen LogP contribution in [0.15, 0.2) is 144 Å². The van der Waals surface area contributed by atoms with Crippen LogP contribution < -0.4 is 72.9 Å². The van der Waals surface area contributed by atoms with Gasteiger partial charge < -0.3 is 115 Å². The molecule has 0 spiro atoms. The number of rotatable bonds is 18. The first kappa shape index (κ1) is 114. The van der Waals surface area contributed by atoms with E-state index in [1.165, 1.54) is 36.9 Å². The van der Waals surface area contributed by atoms with Crippen LogP contribution in [0.3, 0.4) is 0 Å². The number of halogens is 6. The molecule has 0 radical (unpaired) electrons. The number of hydrogen-bond acceptors (Lipinski definition) is 31. The average Bonchev–Trinajstić information content (AvgIpc) is 1.62. The Labute approximate surface area is 847 Å². The number of amides is 4. The maximum absolute atomic E-state index is 13.4. The number of nitrogens with one attached hydrogen (secondary N) is 8. The molecule has 0 bridgehead atoms. The molecular formula is C97H134BBr2Cl2F2N21O15. The fraction of sp³-hybridized carbons (Fsp3) is 0.495. The van der Waals surface area contributed by atoms with Crippen LogP contribution in [0.1, 0.15) is 143 Å². The molecule has 0 aromatic carbocycles. The van der Waals surface area contributed by atoms with E-state index < -0.39 is 52.6 Å². The number of ether oxygens (including phenoxy) is 8. The minimum absolute atomic E-state index is 0. The number of H-pyrrole nitrogens is 1. The van der Waals surface area contributed by atoms with Crippen molar-refractivity contribution in [2.24, 2.45) is 5.73 Å². The van der Waals surface area contributed by atoms with Gasteiger partial charge in [-0.2, -0.15) is 8.78 Å². The predicted molar refractivity (Wildman–Crippen MR) is 552 cm³/mol. The molecule has 36 nitrogen and oxygen atoms in total. The molecule has 0 saturated carbocycles. The number of likely N-dealkylation sites (tertiary alicyclic amines) is 4. The average molecular weight is 2110 g/mol. The largest absolute Gasteiger partial charge is 0.495 e. The fourth-order valence-electron chi connectivity index (χ4n) is 14.4. The van der Waals surface area contributed by atoms with E-state index in [4.69, 9.17) is 76.1 Å². The summed E-state index contributed by atoms with van der Waals surface area (Å²) in [5.74, 6) is 2.51. The van der Waals surface area contributed by atoms with Gasteiger partial charge in [0.15, 0.2) is 0 Å². The highest BCUT2D eigenvalue weighted by Gasteiger charge is 2.52. The molecule has 5 unspecified atom stereocenters. The lowest BCUT2D eigenvalue weighted by molar-refractivity contribution is 0.00578. The number of aromatic nitrogens is 9. The molecule has 43 heteroatoms. The van der Waals surface area contributed by atoms with E-state index in [9.17, 15) is 32.8 Å². The second-order valence-electron chi connectivity index (χ2n) is 38.3. The van der Waals surface area contributed by atoms with E-state index in [2.05, 4.69) is 98.0 Å². The van der Waals surface area contributed by atoms with Crippen LogP contribution in [0.25, 0.3) is 33.4 Å². The topological polar surface area (TPSA) is 420 Å². The van der Waals surface area contributed by atoms with Crippen LogP contribution in [-0.2, 0) is 28.3 Å². The normalized spacial score (nSPS) is 17.7. The molecule has 0 aliphatic carbocycles. The minimum atomic E-state index is -0.549. The molecule has 6 fully saturated rings. The molecular weight excluding hydrogens is 1980 g/mol. The molecule has 4 amide bonds. The molecule has 6 aliphatic heterocycles. The van der Waals surface area contributed by atoms with Crippen LogP contribution in [0, 0.1) is 11.9 Å². The van der Waals surface area contributed by atoms with Crippen molar-refractivity contribution in [1.29, 1.82) is 0 Å². The lowest BCUT2D eigenvalue weighted by atomic mass is 9.80. The highest BCUT2D eigenvalue weighted by atomic mass is 79.9. The number of carbonyl (C=O) groups is 4. The van der Waals surface area contributed by atoms with Gasteiger partial charge in [0, 0.05) is 182 Å². The fourth-order valence-corrected chi connectivity index (χ4v) is 15.4. The Balaban J connectivity index is 0.000000204. The van der Waals surface area contributed by atoms with Gasteiger partial charge in [-0.25, -0.2) is 59.0 Å². The summed E-state index contributed by atoms with van der Waals surface area (Å²) in [4.78, 5) is 102. The van der Waals surface area contributed by atoms with Gasteiger partial charge in [-0.3, -0.25) is 4.79 Å². The second kappa shape index (κ2) is 51.8. The quantitative estimate of drug-likeness (QED) is 0.0219. The minimum Gasteiger partial charge on any atom is -0.480 e. The Hall–Kier alpha value is -11.5. The zero-order valence-electron chi connectivity index (χ0n) is 83.6. The van der Waals surface area contributed by atoms with Gasteiger partial charge in [0.2, 0.25) is 35.4 Å². The van der Waals surface area contributed by atoms with E-state index in [-0.39, 0.29) is 71.1 Å². The smallest absolute Gasteiger partial charge is 0.480 e. The number of methoxy groups -OCH3 is 4. The molecule has 10 N–H and O–H groups in total. The first-order valence-corrected chi connectivity index (χ1v) is 47.2. The number of pyridine rings is 9. The third kappa shape index (κ3) is 35.9. The summed E-state index contributed by atoms with van der Waals surface area (Å²) in [6.45, 7) is 37.0. The lowest BCUT2D eigenvalue weighted by Crippen LogP contribution is -2.41. The molecule has 6 saturated heterocycles. The summed E-state index contributed by atoms with van der Waals surface area (Å²) in [5.41, 5.74) is 11.7. The summed E-state index contributed by atoms with van der Waals surface area (Å²) in [6.07, 6.45) is 17.7. The van der Waals surface area contributed by atoms with Crippen molar-refractivity contribution in [1.82, 2.24) is 69.8 Å². The molecule has 140 heavy (non-hydrogen) atoms. The Morgan fingerprint density at radius 1 is 0.464 bits per heavy atom. The standard InChI is InChI=1S/C21H29N5O3.C20H25FN4O3.C15H22ClN3O3.C15H19N5O.C11H15BFNO2.C9H18N2O2.C6H5BrClNO.BrH/c1-21(2,3)29-20(27)26-9-7-16(13-26)25-17-10-15(12-24-19(17)28-5)14-6-8-23-18(11-14)22-4;1-20(2,3)28-19(26)25-8-6-15(12-25)24-16-9-14(11-23-18(16)27-4)13-5-7-22-17(21)10-13;1-15(2,3)22-14(20)19-6-5-11(9-19)18-12-7-10(16)8-17-13(12)21-4;1-16-14-7-10(2-5-18-14)11-6-13(15(21)19-8-11)20-12-3-4-17-9-12;1-10(2)11(3,4)16-12(15-10)8-5-6-14-9(13)7-8;1-9(2,3)13-8(12)11-5-4-7(10)6-11;1-10-6-5(7)2-4(8)3-9-6;/h6,8,10-12,16,25H,7,9,13H2,1-5H3,(H,22,23);5,7,9-11,15,24H,6,8,12H2,1-4H3;7-8,11,18H,5-6,9H2,1-4H3;2,5-8,12,17,20H,3-4,9H2,1H3,(H,16,18)(H,19,21);5-7H,1-4H3;7H,4-6,10H2,1-3H3;2-3H,1H3;1H. The van der Waals surface area contributed by atoms with Gasteiger partial charge in [0.25, 0.3) is 5.56 Å². The molecule has 9 aromatic heterocycles. The summed E-state index contributed by atoms with van der Waals surface area (Å²) in [7, 11) is 9.40. The number of nitrogens with two attached hydrogens (primary N) is 1. The Morgan fingerprint density at radius 2 is 0.829 bits per heavy atom. The molecule has 6 aliphatic rings. The number of aromatic amines is 1. The van der Waals surface area contributed by atoms with Crippen LogP contribution in [0.5, 0.6) is 23.5 Å². The van der Waals surface area contributed by atoms with Gasteiger partial charge in [-0.15, -0.1) is 17.0 Å². The van der Waals surface area contributed by atoms with Crippen molar-refractivity contribution < 1.29 is 75.2 Å². The van der Waals surface area contributed by atoms with E-state index in [1.54, 1.807) is 103 Å². The number of hydrogen-bond donors (Lipinski definition) is 9. The Bertz CT molecular complexity index is 5610. The highest BCUT2D eigenvalue weighted by Crippen LogP contribution is 2.38. The molecule has 5 atom stereocenters. The third-order valence-electron chi connectivity index (χ3n) is 21.9. The molecule has 15 heterocycles. The molecule has 15 rings (SSSR count). The number of nitrogens with zero attached hydrogens (tertiary/aromatic N) is 12. The van der Waals surface area contributed by atoms with Crippen molar-refractivity contribution in [2.45, 2.75) is 207 Å². The van der Waals surface area contributed by atoms with Crippen LogP contribution in [0.4, 0.5) is 62.3 Å². The van der Waals surface area contributed by atoms with Crippen LogP contribution >= 0.6 is 56.1 Å². The molecule has 9 aromatic rings. The summed E-state index contributed by atoms with van der Waals surface area (Å²) < 4.78 is 81.1. The summed E-state index contributed by atoms with van der Waals surface area (Å²) in [5, 5.41) is 24.0. The molecule has 762 valence electrons. The van der Waals surface area contributed by atoms with E-state index >= 15 is 0 Å². The highest BCUT2D eigenvalue weighted by molar-refractivity contribution is 9.10. The van der Waals surface area contributed by atoms with Crippen molar-refractivity contribution >= 4 is 127 Å². The number of anilines is 6. The first-order chi connectivity index (χ1) is 65.5. The first-order valence-electron chi connectivity index (χ1n) is 45.7. The van der Waals surface area contributed by atoms with Gasteiger partial charge in [0.05, 0.1) is 71.2 Å². The van der Waals surface area contributed by atoms with Crippen molar-refractivity contribution in [3.63, 3.8) is 0 Å². The predicted octanol–water partition coefficient (Wildman–Crippen LogP) is 17.3. The van der Waals surface area contributed by atoms with Crippen molar-refractivity contribution in [2.75, 3.05) is 140 Å². The summed E-state index contributed by atoms with van der Waals surface area (Å²) >= 11 is 14.8. The lowest BCUT2D eigenvalue weighted by Gasteiger charge is -2.32. The van der Waals surface area contributed by atoms with Gasteiger partial charge in [-0.1, -0.05) is 23.2 Å². The van der Waals surface area contributed by atoms with Crippen molar-refractivity contribution in [3.8, 4) is 56.9 Å². The second-order valence-corrected chi connectivity index (χ2v) is 40.0. The maximum Gasteiger partial charge on any atom is 0.495 e. The van der Waals surface area contributed by atoms with Gasteiger partial charge >= 0.3 is 31.5 Å². The summed E-state index contributed by atoms with van der Waals surface area (Å²) in [6, 6.07) is 23.8. The van der Waals surface area contributed by atoms with Gasteiger partial charge in [-0.05, 0) is 260 Å². The number of carbonyl (C=O) groups excluding carboxylic acids is 4. The van der Waals surface area contributed by atoms with Gasteiger partial charge in [0.1, 0.15) is 39.7 Å². The monoisotopic (exact) mass is 2110 g/mol. The van der Waals surface area contributed by atoms with Crippen molar-refractivity contribution in [3.05, 3.63) is 171 Å². The SMILES string of the molecule is Br.CC(C)(C)OC(=O)N1CCC(N)C1.CC1(C)OB(c2ccnc(F)c2)OC1(C)C.CNc1cc(-c2c[nH]c(=O)c(NC3CCNC3)c2)ccn1.CNc1cc(-c2cnc(OC)c(NC3CCN(C(=O)OC(C)(C)C)C3)c2)ccn1.COc1ncc(-c2ccnc(F)c2)cc1NC1CCN(C(=O)OC(C)(C)C)C1.COc1ncc(Cl)cc1Br.COc1ncc(Cl)cc1NC1CCN(C(=O)OC(C)(C)C)C1. The Morgan fingerprint density at radius 3 is 1.21 bits per heavy atom. The van der Waals surface area contributed by atoms with E-state index in [0.29, 0.717) is 108 Å².